The van der Waals surface area contributed by atoms with E-state index < -0.39 is 65.9 Å². The van der Waals surface area contributed by atoms with Crippen LogP contribution in [0.25, 0.3) is 48.8 Å². The maximum absolute atomic E-state index is 3.42. The molecule has 0 spiro atoms. The van der Waals surface area contributed by atoms with Crippen LogP contribution in [-0.2, 0) is 25.7 Å². The van der Waals surface area contributed by atoms with Gasteiger partial charge in [0.2, 0.25) is 0 Å². The fourth-order valence-electron chi connectivity index (χ4n) is 21.8. The van der Waals surface area contributed by atoms with Gasteiger partial charge >= 0.3 is 0 Å². The van der Waals surface area contributed by atoms with Gasteiger partial charge in [-0.05, 0) is 157 Å². The second-order valence-corrected chi connectivity index (χ2v) is 86.3. The maximum atomic E-state index is 3.42. The average molecular weight is 1800 g/mol. The number of anilines is 4. The van der Waals surface area contributed by atoms with Crippen LogP contribution in [0.3, 0.4) is 0 Å². The zero-order valence-electron chi connectivity index (χ0n) is 77.5. The SMILES string of the molecule is CCCCCCCCCCCCc1ccsc1-c1sc(-c2sc(-c3cc(CCCCCCCCCCCC)c(-c4sc(-c5sccc5CCCCCCCCCCCC)c5c4N4[Si](C)(C)CC[Si](C)(C)N5[Si](C)(C)CC[Si]4(C)C)s3)cc2CCCCCCCCCCCC)c2c1N1[Si](C)(C)CC[Si](C)(C)N2[Si](C)(C)CC[Si]1(C)C. The zero-order chi connectivity index (χ0) is 82.0. The summed E-state index contributed by atoms with van der Waals surface area (Å²) in [5.41, 5.74) is 13.7. The second-order valence-electron chi connectivity index (χ2n) is 42.0. The predicted octanol–water partition coefficient (Wildman–Crippen LogP) is 37.2. The van der Waals surface area contributed by atoms with Crippen LogP contribution in [0.4, 0.5) is 22.7 Å². The van der Waals surface area contributed by atoms with Gasteiger partial charge < -0.3 is 16.9 Å². The minimum absolute atomic E-state index is 1.19. The van der Waals surface area contributed by atoms with Crippen LogP contribution in [0.2, 0.25) is 153 Å². The third kappa shape index (κ3) is 24.4. The highest BCUT2D eigenvalue weighted by Gasteiger charge is 2.57. The number of hydrogen-bond acceptors (Lipinski definition) is 10. The smallest absolute Gasteiger partial charge is 0.141 e. The Morgan fingerprint density at radius 3 is 0.614 bits per heavy atom. The van der Waals surface area contributed by atoms with Crippen molar-refractivity contribution in [1.29, 1.82) is 0 Å². The van der Waals surface area contributed by atoms with Crippen molar-refractivity contribution in [3.05, 3.63) is 57.3 Å². The van der Waals surface area contributed by atoms with E-state index in [1.54, 1.807) is 93.8 Å². The molecule has 6 aromatic heterocycles. The van der Waals surface area contributed by atoms with Crippen molar-refractivity contribution >= 4 is 157 Å². The maximum Gasteiger partial charge on any atom is 0.141 e. The van der Waals surface area contributed by atoms with E-state index in [0.717, 1.165) is 0 Å². The number of unbranched alkanes of at least 4 members (excludes halogenated alkanes) is 36. The highest BCUT2D eigenvalue weighted by atomic mass is 32.1. The third-order valence-electron chi connectivity index (χ3n) is 28.2. The molecule has 10 rings (SSSR count). The Labute approximate surface area is 736 Å². The molecule has 4 aliphatic rings. The Morgan fingerprint density at radius 1 is 0.219 bits per heavy atom. The fraction of sp³-hybridized carbons (Fsp3) is 0.750. The number of rotatable bonds is 49. The summed E-state index contributed by atoms with van der Waals surface area (Å²) in [5.74, 6) is 0. The van der Waals surface area contributed by atoms with Crippen LogP contribution in [0, 0.1) is 0 Å². The van der Waals surface area contributed by atoms with E-state index in [1.165, 1.54) is 331 Å². The molecule has 10 heterocycles. The van der Waals surface area contributed by atoms with Gasteiger partial charge in [0.15, 0.2) is 0 Å². The Balaban J connectivity index is 1.17. The van der Waals surface area contributed by atoms with Gasteiger partial charge in [-0.25, -0.2) is 0 Å². The van der Waals surface area contributed by atoms with Gasteiger partial charge in [-0.1, -0.05) is 364 Å². The molecule has 0 saturated carbocycles. The van der Waals surface area contributed by atoms with E-state index >= 15 is 0 Å². The van der Waals surface area contributed by atoms with Crippen molar-refractivity contribution in [2.75, 3.05) is 16.9 Å². The van der Waals surface area contributed by atoms with Gasteiger partial charge in [-0.3, -0.25) is 0 Å². The molecule has 4 bridgehead atoms. The molecule has 0 atom stereocenters. The van der Waals surface area contributed by atoms with Gasteiger partial charge in [0.1, 0.15) is 65.9 Å². The van der Waals surface area contributed by atoms with Crippen molar-refractivity contribution in [1.82, 2.24) is 0 Å². The molecule has 4 aliphatic heterocycles. The van der Waals surface area contributed by atoms with E-state index in [9.17, 15) is 0 Å². The van der Waals surface area contributed by atoms with Crippen LogP contribution >= 0.6 is 68.0 Å². The van der Waals surface area contributed by atoms with Crippen LogP contribution in [0.15, 0.2) is 35.0 Å². The van der Waals surface area contributed by atoms with Gasteiger partial charge in [0.25, 0.3) is 0 Å². The van der Waals surface area contributed by atoms with Gasteiger partial charge in [-0.15, -0.1) is 68.0 Å². The largest absolute Gasteiger partial charge is 0.421 e. The molecule has 0 amide bonds. The molecule has 0 unspecified atom stereocenters. The van der Waals surface area contributed by atoms with E-state index in [-0.39, 0.29) is 0 Å². The standard InChI is InChI=1S/C96H170N4S6Si8/c1-21-25-29-33-37-41-45-49-53-57-61-79-65-67-101-89(79)93-85-87(99-111(13,14)73-69-107(5,6)97(85)108(7,8)70-74-112(99,15)16)95(105-93)91-81(63-59-55-51-47-43-39-35-31-27-23-3)77-83(103-91)84-78-82(64-60-56-52-48-44-40-36-32-28-24-4)92(104-84)96-88-86(98-109(9,10)71-75-113(17,18)100(88)114(19,20)76-72-110(98,11)12)94(106-96)90-80(66-68-102-90)62-58-54-50-46-42-38-34-30-26-22-2/h65-68,77-78H,21-64,69-76H2,1-20H3. The normalized spacial score (nSPS) is 18.5. The monoisotopic (exact) mass is 1790 g/mol. The van der Waals surface area contributed by atoms with Crippen molar-refractivity contribution in [2.45, 2.75) is 463 Å². The quantitative estimate of drug-likeness (QED) is 0.0279. The van der Waals surface area contributed by atoms with E-state index in [2.05, 4.69) is 252 Å². The van der Waals surface area contributed by atoms with Crippen molar-refractivity contribution in [3.8, 4) is 48.8 Å². The van der Waals surface area contributed by atoms with Gasteiger partial charge in [-0.2, -0.15) is 0 Å². The minimum Gasteiger partial charge on any atom is -0.421 e. The summed E-state index contributed by atoms with van der Waals surface area (Å²) in [6.45, 7) is 55.2. The summed E-state index contributed by atoms with van der Waals surface area (Å²) in [5, 5.41) is 5.06. The summed E-state index contributed by atoms with van der Waals surface area (Å²) in [7, 11) is -15.9. The number of thiophene rings is 6. The van der Waals surface area contributed by atoms with Crippen LogP contribution in [0.5, 0.6) is 0 Å². The van der Waals surface area contributed by atoms with Crippen molar-refractivity contribution in [3.63, 3.8) is 0 Å². The summed E-state index contributed by atoms with van der Waals surface area (Å²) in [6, 6.07) is 22.4. The first kappa shape index (κ1) is 95.4. The molecule has 6 aromatic rings. The molecular weight excluding hydrogens is 1630 g/mol. The molecule has 0 radical (unpaired) electrons. The molecule has 642 valence electrons. The van der Waals surface area contributed by atoms with Crippen molar-refractivity contribution < 1.29 is 0 Å². The first-order valence-electron chi connectivity index (χ1n) is 48.4. The lowest BCUT2D eigenvalue weighted by atomic mass is 10.0. The molecule has 0 aromatic carbocycles. The summed E-state index contributed by atoms with van der Waals surface area (Å²) in [6.07, 6.45) is 60.4. The zero-order valence-corrected chi connectivity index (χ0v) is 90.4. The van der Waals surface area contributed by atoms with Crippen LogP contribution < -0.4 is 16.9 Å². The molecule has 114 heavy (non-hydrogen) atoms. The first-order chi connectivity index (χ1) is 54.5. The number of hydrogen-bond donors (Lipinski definition) is 0. The molecule has 0 fully saturated rings. The Hall–Kier alpha value is -0.865. The molecule has 0 aliphatic carbocycles. The van der Waals surface area contributed by atoms with E-state index in [1.807, 2.05) is 0 Å². The molecule has 18 heteroatoms. The topological polar surface area (TPSA) is 13.0 Å². The Morgan fingerprint density at radius 2 is 0.404 bits per heavy atom. The highest BCUT2D eigenvalue weighted by Crippen LogP contribution is 2.66. The van der Waals surface area contributed by atoms with E-state index in [0.29, 0.717) is 0 Å². The lowest BCUT2D eigenvalue weighted by Gasteiger charge is -2.60. The molecule has 0 saturated heterocycles. The molecular formula is C96H170N4S6Si8. The summed E-state index contributed by atoms with van der Waals surface area (Å²) >= 11 is 13.5. The number of nitrogens with zero attached hydrogens (tertiary/aromatic N) is 4. The number of aryl methyl sites for hydroxylation is 4. The summed E-state index contributed by atoms with van der Waals surface area (Å²) < 4.78 is 13.6. The van der Waals surface area contributed by atoms with Crippen molar-refractivity contribution in [2.24, 2.45) is 0 Å². The third-order valence-corrected chi connectivity index (χ3v) is 75.5. The lowest BCUT2D eigenvalue weighted by Crippen LogP contribution is -2.71. The highest BCUT2D eigenvalue weighted by molar-refractivity contribution is 7.32. The predicted molar refractivity (Wildman–Crippen MR) is 551 cm³/mol. The van der Waals surface area contributed by atoms with Gasteiger partial charge in [0, 0.05) is 19.5 Å². The van der Waals surface area contributed by atoms with Crippen LogP contribution in [-0.4, -0.2) is 65.9 Å². The Bertz CT molecular complexity index is 3550. The Kier molecular flexibility index (Phi) is 36.9. The van der Waals surface area contributed by atoms with Crippen LogP contribution in [0.1, 0.15) is 307 Å². The summed E-state index contributed by atoms with van der Waals surface area (Å²) in [4.78, 5) is 16.6. The molecule has 0 N–H and O–H groups in total. The minimum atomic E-state index is -2.01. The lowest BCUT2D eigenvalue weighted by molar-refractivity contribution is 0.556. The first-order valence-corrected chi connectivity index (χ1v) is 78.7. The second kappa shape index (κ2) is 44.1. The fourth-order valence-corrected chi connectivity index (χ4v) is 87.0. The molecule has 4 nitrogen and oxygen atoms in total. The average Bonchev–Trinajstić information content (AvgIpc) is 1.52. The van der Waals surface area contributed by atoms with Gasteiger partial charge in [0.05, 0.1) is 52.0 Å². The van der Waals surface area contributed by atoms with E-state index in [4.69, 9.17) is 0 Å².